The van der Waals surface area contributed by atoms with Gasteiger partial charge in [-0.3, -0.25) is 4.55 Å². The van der Waals surface area contributed by atoms with E-state index in [0.717, 1.165) is 21.5 Å². The maximum absolute atomic E-state index is 12.4. The van der Waals surface area contributed by atoms with Crippen molar-refractivity contribution in [3.05, 3.63) is 96.1 Å². The molecule has 0 aliphatic carbocycles. The zero-order chi connectivity index (χ0) is 17.4. The monoisotopic (exact) mass is 348 g/mol. The molecule has 124 valence electrons. The van der Waals surface area contributed by atoms with Crippen molar-refractivity contribution in [2.75, 3.05) is 0 Å². The molecule has 0 saturated carbocycles. The van der Waals surface area contributed by atoms with Crippen LogP contribution in [0, 0.1) is 0 Å². The molecule has 0 spiro atoms. The Morgan fingerprint density at radius 1 is 0.600 bits per heavy atom. The normalized spacial score (nSPS) is 12.1. The van der Waals surface area contributed by atoms with E-state index in [1.165, 1.54) is 0 Å². The van der Waals surface area contributed by atoms with Gasteiger partial charge in [0.25, 0.3) is 10.1 Å². The molecular formula is C21H16O3S. The number of fused-ring (bicyclic) bond motifs is 2. The largest absolute Gasteiger partial charge is 0.285 e. The van der Waals surface area contributed by atoms with Crippen LogP contribution in [0.1, 0.15) is 16.4 Å². The van der Waals surface area contributed by atoms with E-state index in [1.807, 2.05) is 72.8 Å². The highest BCUT2D eigenvalue weighted by molar-refractivity contribution is 7.86. The third kappa shape index (κ3) is 2.80. The minimum atomic E-state index is -4.35. The molecule has 4 rings (SSSR count). The molecule has 0 unspecified atom stereocenters. The third-order valence-corrected chi connectivity index (χ3v) is 5.61. The van der Waals surface area contributed by atoms with Crippen LogP contribution in [0.15, 0.2) is 84.9 Å². The summed E-state index contributed by atoms with van der Waals surface area (Å²) < 4.78 is 34.8. The molecule has 0 bridgehead atoms. The molecule has 4 heteroatoms. The lowest BCUT2D eigenvalue weighted by Gasteiger charge is -2.19. The van der Waals surface area contributed by atoms with E-state index in [4.69, 9.17) is 0 Å². The summed E-state index contributed by atoms with van der Waals surface area (Å²) in [6, 6.07) is 26.2. The predicted molar refractivity (Wildman–Crippen MR) is 101 cm³/mol. The fourth-order valence-electron chi connectivity index (χ4n) is 3.45. The number of hydrogen-bond acceptors (Lipinski definition) is 2. The van der Waals surface area contributed by atoms with Gasteiger partial charge in [0.2, 0.25) is 0 Å². The molecule has 25 heavy (non-hydrogen) atoms. The Morgan fingerprint density at radius 2 is 1.00 bits per heavy atom. The van der Waals surface area contributed by atoms with Crippen molar-refractivity contribution >= 4 is 31.7 Å². The summed E-state index contributed by atoms with van der Waals surface area (Å²) in [5.41, 5.74) is 1.16. The second-order valence-electron chi connectivity index (χ2n) is 6.03. The summed E-state index contributed by atoms with van der Waals surface area (Å²) in [6.45, 7) is 0. The fourth-order valence-corrected chi connectivity index (χ4v) is 4.50. The summed E-state index contributed by atoms with van der Waals surface area (Å²) in [6.07, 6.45) is 0. The van der Waals surface area contributed by atoms with Crippen LogP contribution in [0.2, 0.25) is 0 Å². The Morgan fingerprint density at radius 3 is 1.44 bits per heavy atom. The highest BCUT2D eigenvalue weighted by Gasteiger charge is 2.29. The van der Waals surface area contributed by atoms with Gasteiger partial charge in [-0.1, -0.05) is 84.9 Å². The number of benzene rings is 4. The van der Waals surface area contributed by atoms with Crippen molar-refractivity contribution in [1.29, 1.82) is 0 Å². The zero-order valence-electron chi connectivity index (χ0n) is 13.3. The van der Waals surface area contributed by atoms with Gasteiger partial charge in [-0.25, -0.2) is 0 Å². The van der Waals surface area contributed by atoms with Gasteiger partial charge in [0.05, 0.1) is 0 Å². The molecular weight excluding hydrogens is 332 g/mol. The van der Waals surface area contributed by atoms with Gasteiger partial charge in [-0.05, 0) is 32.7 Å². The first-order valence-corrected chi connectivity index (χ1v) is 9.47. The average molecular weight is 348 g/mol. The molecule has 4 aromatic rings. The summed E-state index contributed by atoms with van der Waals surface area (Å²) in [7, 11) is -4.35. The van der Waals surface area contributed by atoms with Crippen LogP contribution in [0.25, 0.3) is 21.5 Å². The number of rotatable bonds is 3. The van der Waals surface area contributed by atoms with Gasteiger partial charge in [0.1, 0.15) is 5.25 Å². The molecule has 0 atom stereocenters. The molecule has 0 fully saturated rings. The standard InChI is InChI=1S/C21H16O3S/c22-25(23,24)21(19-13-5-9-15-7-1-3-11-17(15)19)20-14-6-10-16-8-2-4-12-18(16)20/h1-14,21H,(H,22,23,24). The van der Waals surface area contributed by atoms with Crippen LogP contribution in [-0.4, -0.2) is 13.0 Å². The lowest BCUT2D eigenvalue weighted by Crippen LogP contribution is -2.14. The quantitative estimate of drug-likeness (QED) is 0.532. The van der Waals surface area contributed by atoms with Crippen molar-refractivity contribution in [1.82, 2.24) is 0 Å². The van der Waals surface area contributed by atoms with E-state index in [0.29, 0.717) is 11.1 Å². The van der Waals surface area contributed by atoms with Gasteiger partial charge in [-0.15, -0.1) is 0 Å². The molecule has 0 aromatic heterocycles. The average Bonchev–Trinajstić information content (AvgIpc) is 2.61. The smallest absolute Gasteiger partial charge is 0.276 e. The van der Waals surface area contributed by atoms with Crippen LogP contribution in [0.3, 0.4) is 0 Å². The molecule has 1 N–H and O–H groups in total. The van der Waals surface area contributed by atoms with Crippen molar-refractivity contribution < 1.29 is 13.0 Å². The van der Waals surface area contributed by atoms with Crippen molar-refractivity contribution in [3.8, 4) is 0 Å². The molecule has 0 saturated heterocycles. The van der Waals surface area contributed by atoms with Crippen LogP contribution >= 0.6 is 0 Å². The topological polar surface area (TPSA) is 54.4 Å². The Balaban J connectivity index is 2.08. The number of hydrogen-bond donors (Lipinski definition) is 1. The first-order chi connectivity index (χ1) is 12.1. The summed E-state index contributed by atoms with van der Waals surface area (Å²) >= 11 is 0. The van der Waals surface area contributed by atoms with Gasteiger partial charge in [0.15, 0.2) is 0 Å². The van der Waals surface area contributed by atoms with Gasteiger partial charge in [0, 0.05) is 0 Å². The molecule has 0 aliphatic rings. The summed E-state index contributed by atoms with van der Waals surface area (Å²) in [4.78, 5) is 0. The van der Waals surface area contributed by atoms with E-state index >= 15 is 0 Å². The van der Waals surface area contributed by atoms with Gasteiger partial charge < -0.3 is 0 Å². The lowest BCUT2D eigenvalue weighted by molar-refractivity contribution is 0.475. The van der Waals surface area contributed by atoms with E-state index < -0.39 is 15.4 Å². The van der Waals surface area contributed by atoms with E-state index in [9.17, 15) is 13.0 Å². The second kappa shape index (κ2) is 5.99. The summed E-state index contributed by atoms with van der Waals surface area (Å²) in [5.74, 6) is 0. The first-order valence-electron chi connectivity index (χ1n) is 7.97. The van der Waals surface area contributed by atoms with Crippen LogP contribution < -0.4 is 0 Å². The maximum atomic E-state index is 12.4. The molecule has 0 aliphatic heterocycles. The molecule has 0 amide bonds. The van der Waals surface area contributed by atoms with Gasteiger partial charge in [-0.2, -0.15) is 8.42 Å². The Kier molecular flexibility index (Phi) is 3.79. The minimum absolute atomic E-state index is 0.581. The lowest BCUT2D eigenvalue weighted by atomic mass is 9.94. The minimum Gasteiger partial charge on any atom is -0.285 e. The molecule has 0 heterocycles. The van der Waals surface area contributed by atoms with Crippen LogP contribution in [0.4, 0.5) is 0 Å². The first kappa shape index (κ1) is 15.8. The second-order valence-corrected chi connectivity index (χ2v) is 7.53. The highest BCUT2D eigenvalue weighted by atomic mass is 32.2. The SMILES string of the molecule is O=S(=O)(O)C(c1cccc2ccccc12)c1cccc2ccccc12. The molecule has 0 radical (unpaired) electrons. The molecule has 4 aromatic carbocycles. The summed E-state index contributed by atoms with van der Waals surface area (Å²) in [5, 5.41) is 2.38. The highest BCUT2D eigenvalue weighted by Crippen LogP contribution is 2.37. The Bertz CT molecular complexity index is 1090. The van der Waals surface area contributed by atoms with E-state index in [-0.39, 0.29) is 0 Å². The van der Waals surface area contributed by atoms with E-state index in [1.54, 1.807) is 12.1 Å². The molecule has 3 nitrogen and oxygen atoms in total. The zero-order valence-corrected chi connectivity index (χ0v) is 14.1. The van der Waals surface area contributed by atoms with Crippen LogP contribution in [-0.2, 0) is 10.1 Å². The third-order valence-electron chi connectivity index (χ3n) is 4.51. The van der Waals surface area contributed by atoms with Gasteiger partial charge >= 0.3 is 0 Å². The Labute approximate surface area is 146 Å². The Hall–Kier alpha value is -2.69. The van der Waals surface area contributed by atoms with Crippen LogP contribution in [0.5, 0.6) is 0 Å². The van der Waals surface area contributed by atoms with E-state index in [2.05, 4.69) is 0 Å². The fraction of sp³-hybridized carbons (Fsp3) is 0.0476. The van der Waals surface area contributed by atoms with Crippen molar-refractivity contribution in [2.45, 2.75) is 5.25 Å². The van der Waals surface area contributed by atoms with Crippen molar-refractivity contribution in [2.24, 2.45) is 0 Å². The van der Waals surface area contributed by atoms with Crippen molar-refractivity contribution in [3.63, 3.8) is 0 Å². The maximum Gasteiger partial charge on any atom is 0.276 e. The predicted octanol–water partition coefficient (Wildman–Crippen LogP) is 4.97.